The summed E-state index contributed by atoms with van der Waals surface area (Å²) in [4.78, 5) is 12.0. The van der Waals surface area contributed by atoms with Gasteiger partial charge < -0.3 is 5.32 Å². The Morgan fingerprint density at radius 3 is 2.52 bits per heavy atom. The normalized spacial score (nSPS) is 17.0. The van der Waals surface area contributed by atoms with Crippen molar-refractivity contribution in [2.45, 2.75) is 71.3 Å². The average Bonchev–Trinajstić information content (AvgIpc) is 2.76. The summed E-state index contributed by atoms with van der Waals surface area (Å²) in [6, 6.07) is 2.86. The van der Waals surface area contributed by atoms with E-state index in [9.17, 15) is 0 Å². The molecule has 4 heteroatoms. The van der Waals surface area contributed by atoms with Crippen molar-refractivity contribution < 1.29 is 0 Å². The van der Waals surface area contributed by atoms with Crippen LogP contribution in [0.15, 0.2) is 6.07 Å². The van der Waals surface area contributed by atoms with Crippen molar-refractivity contribution in [2.24, 2.45) is 0 Å². The molecule has 0 aliphatic heterocycles. The van der Waals surface area contributed by atoms with Crippen LogP contribution >= 0.6 is 11.3 Å². The van der Waals surface area contributed by atoms with Crippen molar-refractivity contribution in [3.63, 3.8) is 0 Å². The van der Waals surface area contributed by atoms with E-state index in [4.69, 9.17) is 9.97 Å². The summed E-state index contributed by atoms with van der Waals surface area (Å²) >= 11 is 1.82. The van der Waals surface area contributed by atoms with E-state index in [1.54, 1.807) is 0 Å². The molecule has 1 fully saturated rings. The minimum Gasteiger partial charge on any atom is -0.367 e. The van der Waals surface area contributed by atoms with Gasteiger partial charge in [-0.2, -0.15) is 0 Å². The third-order valence-electron chi connectivity index (χ3n) is 4.35. The van der Waals surface area contributed by atoms with Gasteiger partial charge in [0.05, 0.1) is 5.39 Å². The summed E-state index contributed by atoms with van der Waals surface area (Å²) < 4.78 is 0. The molecule has 0 radical (unpaired) electrons. The number of aryl methyl sites for hydroxylation is 2. The molecule has 2 aromatic rings. The van der Waals surface area contributed by atoms with Crippen molar-refractivity contribution in [2.75, 3.05) is 5.32 Å². The fourth-order valence-corrected chi connectivity index (χ4v) is 4.06. The molecule has 3 nitrogen and oxygen atoms in total. The number of anilines is 1. The van der Waals surface area contributed by atoms with Crippen LogP contribution in [-0.2, 0) is 12.8 Å². The van der Waals surface area contributed by atoms with Crippen LogP contribution in [-0.4, -0.2) is 16.0 Å². The molecular weight excluding hydrogens is 278 g/mol. The molecule has 0 unspecified atom stereocenters. The number of fused-ring (bicyclic) bond motifs is 1. The Morgan fingerprint density at radius 1 is 1.10 bits per heavy atom. The third-order valence-corrected chi connectivity index (χ3v) is 5.52. The van der Waals surface area contributed by atoms with E-state index in [2.05, 4.69) is 25.2 Å². The smallest absolute Gasteiger partial charge is 0.138 e. The third kappa shape index (κ3) is 3.37. The second kappa shape index (κ2) is 6.73. The van der Waals surface area contributed by atoms with E-state index in [1.807, 2.05) is 11.3 Å². The Bertz CT molecular complexity index is 597. The Morgan fingerprint density at radius 2 is 1.86 bits per heavy atom. The van der Waals surface area contributed by atoms with Crippen LogP contribution in [0, 0.1) is 0 Å². The van der Waals surface area contributed by atoms with E-state index in [0.717, 1.165) is 29.3 Å². The van der Waals surface area contributed by atoms with Gasteiger partial charge in [-0.3, -0.25) is 0 Å². The van der Waals surface area contributed by atoms with Gasteiger partial charge in [0.1, 0.15) is 16.5 Å². The van der Waals surface area contributed by atoms with E-state index in [-0.39, 0.29) is 0 Å². The molecule has 0 saturated heterocycles. The number of aromatic nitrogens is 2. The van der Waals surface area contributed by atoms with Gasteiger partial charge in [-0.1, -0.05) is 39.5 Å². The molecule has 0 bridgehead atoms. The first-order valence-electron chi connectivity index (χ1n) is 8.36. The Balaban J connectivity index is 1.92. The minimum absolute atomic E-state index is 0.584. The summed E-state index contributed by atoms with van der Waals surface area (Å²) in [5.41, 5.74) is 0. The highest BCUT2D eigenvalue weighted by atomic mass is 32.1. The molecule has 2 heterocycles. The number of nitrogens with zero attached hydrogens (tertiary/aromatic N) is 2. The van der Waals surface area contributed by atoms with Crippen LogP contribution in [0.25, 0.3) is 10.2 Å². The van der Waals surface area contributed by atoms with Crippen LogP contribution < -0.4 is 5.32 Å². The quantitative estimate of drug-likeness (QED) is 0.812. The SMILES string of the molecule is CCc1nc(NC2CCCCCC2)c2cc(CC)sc2n1. The molecule has 1 aliphatic carbocycles. The predicted molar refractivity (Wildman–Crippen MR) is 91.3 cm³/mol. The van der Waals surface area contributed by atoms with E-state index in [1.165, 1.54) is 48.8 Å². The Kier molecular flexibility index (Phi) is 4.73. The monoisotopic (exact) mass is 303 g/mol. The number of hydrogen-bond acceptors (Lipinski definition) is 4. The number of hydrogen-bond donors (Lipinski definition) is 1. The van der Waals surface area contributed by atoms with Crippen LogP contribution in [0.4, 0.5) is 5.82 Å². The Hall–Kier alpha value is -1.16. The molecule has 0 amide bonds. The van der Waals surface area contributed by atoms with Gasteiger partial charge in [-0.05, 0) is 25.3 Å². The van der Waals surface area contributed by atoms with Gasteiger partial charge in [0, 0.05) is 17.3 Å². The first kappa shape index (κ1) is 14.8. The van der Waals surface area contributed by atoms with Crippen LogP contribution in [0.5, 0.6) is 0 Å². The minimum atomic E-state index is 0.584. The number of nitrogens with one attached hydrogen (secondary N) is 1. The summed E-state index contributed by atoms with van der Waals surface area (Å²) in [5.74, 6) is 2.03. The molecule has 2 aromatic heterocycles. The highest BCUT2D eigenvalue weighted by molar-refractivity contribution is 7.18. The van der Waals surface area contributed by atoms with Gasteiger partial charge in [0.2, 0.25) is 0 Å². The van der Waals surface area contributed by atoms with Crippen LogP contribution in [0.3, 0.4) is 0 Å². The molecule has 1 saturated carbocycles. The second-order valence-electron chi connectivity index (χ2n) is 5.96. The summed E-state index contributed by atoms with van der Waals surface area (Å²) in [6.07, 6.45) is 9.98. The topological polar surface area (TPSA) is 37.8 Å². The highest BCUT2D eigenvalue weighted by Gasteiger charge is 2.16. The molecule has 21 heavy (non-hydrogen) atoms. The maximum atomic E-state index is 4.78. The van der Waals surface area contributed by atoms with E-state index in [0.29, 0.717) is 6.04 Å². The zero-order chi connectivity index (χ0) is 14.7. The second-order valence-corrected chi connectivity index (χ2v) is 7.08. The zero-order valence-electron chi connectivity index (χ0n) is 13.1. The van der Waals surface area contributed by atoms with Crippen molar-refractivity contribution in [1.82, 2.24) is 9.97 Å². The number of thiophene rings is 1. The van der Waals surface area contributed by atoms with Gasteiger partial charge in [0.15, 0.2) is 0 Å². The van der Waals surface area contributed by atoms with Gasteiger partial charge >= 0.3 is 0 Å². The first-order chi connectivity index (χ1) is 10.3. The average molecular weight is 303 g/mol. The lowest BCUT2D eigenvalue weighted by molar-refractivity contribution is 0.618. The molecule has 0 spiro atoms. The summed E-state index contributed by atoms with van der Waals surface area (Å²) in [5, 5.41) is 4.95. The Labute approximate surface area is 131 Å². The van der Waals surface area contributed by atoms with Crippen LogP contribution in [0.2, 0.25) is 0 Å². The molecule has 0 aromatic carbocycles. The van der Waals surface area contributed by atoms with E-state index >= 15 is 0 Å². The summed E-state index contributed by atoms with van der Waals surface area (Å²) in [6.45, 7) is 4.34. The lowest BCUT2D eigenvalue weighted by Crippen LogP contribution is -2.19. The largest absolute Gasteiger partial charge is 0.367 e. The van der Waals surface area contributed by atoms with E-state index < -0.39 is 0 Å². The lowest BCUT2D eigenvalue weighted by atomic mass is 10.1. The standard InChI is InChI=1S/C17H25N3S/c1-3-13-11-14-16(18-12-9-7-5-6-8-10-12)19-15(4-2)20-17(14)21-13/h11-12H,3-10H2,1-2H3,(H,18,19,20). The van der Waals surface area contributed by atoms with Crippen molar-refractivity contribution in [1.29, 1.82) is 0 Å². The van der Waals surface area contributed by atoms with Gasteiger partial charge in [-0.25, -0.2) is 9.97 Å². The molecule has 3 rings (SSSR count). The van der Waals surface area contributed by atoms with Gasteiger partial charge in [-0.15, -0.1) is 11.3 Å². The molecule has 0 atom stereocenters. The van der Waals surface area contributed by atoms with Crippen molar-refractivity contribution in [3.8, 4) is 0 Å². The molecular formula is C17H25N3S. The van der Waals surface area contributed by atoms with Crippen molar-refractivity contribution >= 4 is 27.4 Å². The van der Waals surface area contributed by atoms with Gasteiger partial charge in [0.25, 0.3) is 0 Å². The maximum absolute atomic E-state index is 4.78. The molecule has 1 N–H and O–H groups in total. The summed E-state index contributed by atoms with van der Waals surface area (Å²) in [7, 11) is 0. The van der Waals surface area contributed by atoms with Crippen molar-refractivity contribution in [3.05, 3.63) is 16.8 Å². The fraction of sp³-hybridized carbons (Fsp3) is 0.647. The number of rotatable bonds is 4. The first-order valence-corrected chi connectivity index (χ1v) is 9.17. The highest BCUT2D eigenvalue weighted by Crippen LogP contribution is 2.31. The molecule has 1 aliphatic rings. The lowest BCUT2D eigenvalue weighted by Gasteiger charge is -2.17. The predicted octanol–water partition coefficient (Wildman–Crippen LogP) is 4.95. The fourth-order valence-electron chi connectivity index (χ4n) is 3.07. The van der Waals surface area contributed by atoms with Crippen LogP contribution in [0.1, 0.15) is 63.1 Å². The zero-order valence-corrected chi connectivity index (χ0v) is 13.9. The maximum Gasteiger partial charge on any atom is 0.138 e. The molecule has 114 valence electrons.